The van der Waals surface area contributed by atoms with Crippen LogP contribution >= 0.6 is 15.9 Å². The lowest BCUT2D eigenvalue weighted by Gasteiger charge is -2.28. The molecule has 2 atom stereocenters. The Morgan fingerprint density at radius 1 is 1.24 bits per heavy atom. The smallest absolute Gasteiger partial charge is 0.252 e. The second-order valence-electron chi connectivity index (χ2n) is 5.19. The van der Waals surface area contributed by atoms with E-state index >= 15 is 0 Å². The van der Waals surface area contributed by atoms with Gasteiger partial charge in [0, 0.05) is 4.47 Å². The van der Waals surface area contributed by atoms with E-state index in [-0.39, 0.29) is 24.4 Å². The first-order valence-corrected chi connectivity index (χ1v) is 7.87. The number of hydrogen-bond acceptors (Lipinski definition) is 3. The molecule has 2 amide bonds. The Morgan fingerprint density at radius 3 is 2.67 bits per heavy atom. The highest BCUT2D eigenvalue weighted by Gasteiger charge is 2.24. The predicted molar refractivity (Wildman–Crippen MR) is 82.9 cm³/mol. The number of halogens is 1. The molecule has 0 spiro atoms. The van der Waals surface area contributed by atoms with Gasteiger partial charge in [0.1, 0.15) is 0 Å². The van der Waals surface area contributed by atoms with Crippen molar-refractivity contribution in [1.29, 1.82) is 0 Å². The molecule has 0 heterocycles. The van der Waals surface area contributed by atoms with Gasteiger partial charge in [0.25, 0.3) is 5.91 Å². The minimum absolute atomic E-state index is 0.0939. The average molecular weight is 355 g/mol. The maximum atomic E-state index is 12.0. The van der Waals surface area contributed by atoms with Crippen molar-refractivity contribution in [2.45, 2.75) is 37.8 Å². The molecule has 6 heteroatoms. The van der Waals surface area contributed by atoms with Gasteiger partial charge in [-0.25, -0.2) is 0 Å². The van der Waals surface area contributed by atoms with E-state index in [1.807, 2.05) is 6.07 Å². The summed E-state index contributed by atoms with van der Waals surface area (Å²) >= 11 is 3.30. The van der Waals surface area contributed by atoms with Crippen LogP contribution in [0.25, 0.3) is 0 Å². The van der Waals surface area contributed by atoms with E-state index in [0.29, 0.717) is 16.5 Å². The van der Waals surface area contributed by atoms with Crippen LogP contribution in [0.15, 0.2) is 28.7 Å². The molecule has 2 rings (SSSR count). The Hall–Kier alpha value is -1.40. The van der Waals surface area contributed by atoms with Crippen molar-refractivity contribution in [2.75, 3.05) is 6.54 Å². The normalized spacial score (nSPS) is 21.6. The molecule has 0 bridgehead atoms. The third-order valence-electron chi connectivity index (χ3n) is 3.60. The number of aliphatic hydroxyl groups is 1. The van der Waals surface area contributed by atoms with Crippen molar-refractivity contribution >= 4 is 27.7 Å². The van der Waals surface area contributed by atoms with Gasteiger partial charge < -0.3 is 15.7 Å². The summed E-state index contributed by atoms with van der Waals surface area (Å²) in [6, 6.07) is 6.83. The van der Waals surface area contributed by atoms with Crippen LogP contribution in [0.1, 0.15) is 36.0 Å². The molecule has 1 fully saturated rings. The van der Waals surface area contributed by atoms with E-state index in [9.17, 15) is 14.7 Å². The van der Waals surface area contributed by atoms with Crippen LogP contribution in [0.2, 0.25) is 0 Å². The third kappa shape index (κ3) is 4.54. The fourth-order valence-corrected chi connectivity index (χ4v) is 2.90. The van der Waals surface area contributed by atoms with Gasteiger partial charge in [-0.1, -0.05) is 25.0 Å². The number of carbonyl (C=O) groups excluding carboxylic acids is 2. The maximum absolute atomic E-state index is 12.0. The zero-order chi connectivity index (χ0) is 15.2. The molecule has 3 N–H and O–H groups in total. The average Bonchev–Trinajstić information content (AvgIpc) is 2.48. The van der Waals surface area contributed by atoms with Crippen LogP contribution < -0.4 is 10.6 Å². The topological polar surface area (TPSA) is 78.4 Å². The van der Waals surface area contributed by atoms with Gasteiger partial charge in [-0.3, -0.25) is 9.59 Å². The van der Waals surface area contributed by atoms with Crippen molar-refractivity contribution in [3.63, 3.8) is 0 Å². The first-order chi connectivity index (χ1) is 10.1. The molecule has 0 saturated heterocycles. The molecule has 21 heavy (non-hydrogen) atoms. The second-order valence-corrected chi connectivity index (χ2v) is 6.04. The van der Waals surface area contributed by atoms with Crippen molar-refractivity contribution < 1.29 is 14.7 Å². The molecule has 1 aliphatic rings. The number of nitrogens with one attached hydrogen (secondary N) is 2. The van der Waals surface area contributed by atoms with Gasteiger partial charge >= 0.3 is 0 Å². The van der Waals surface area contributed by atoms with E-state index in [4.69, 9.17) is 0 Å². The quantitative estimate of drug-likeness (QED) is 0.768. The third-order valence-corrected chi connectivity index (χ3v) is 4.30. The Kier molecular flexibility index (Phi) is 5.76. The first kappa shape index (κ1) is 16.0. The van der Waals surface area contributed by atoms with Gasteiger partial charge in [-0.15, -0.1) is 0 Å². The lowest BCUT2D eigenvalue weighted by atomic mass is 9.92. The van der Waals surface area contributed by atoms with Crippen molar-refractivity contribution in [1.82, 2.24) is 10.6 Å². The van der Waals surface area contributed by atoms with Gasteiger partial charge in [0.05, 0.1) is 24.3 Å². The lowest BCUT2D eigenvalue weighted by molar-refractivity contribution is -0.122. The summed E-state index contributed by atoms with van der Waals surface area (Å²) in [5.74, 6) is -0.580. The minimum Gasteiger partial charge on any atom is -0.391 e. The standard InChI is InChI=1S/C15H19BrN2O3/c16-11-6-2-1-5-10(11)15(21)17-9-14(20)18-12-7-3-4-8-13(12)19/h1-2,5-6,12-13,19H,3-4,7-9H2,(H,17,21)(H,18,20)/t12-,13-/m1/s1. The summed E-state index contributed by atoms with van der Waals surface area (Å²) in [5, 5.41) is 15.2. The Labute approximate surface area is 132 Å². The molecule has 1 saturated carbocycles. The van der Waals surface area contributed by atoms with Crippen LogP contribution in [0, 0.1) is 0 Å². The Bertz CT molecular complexity index is 521. The van der Waals surface area contributed by atoms with Crippen molar-refractivity contribution in [3.8, 4) is 0 Å². The molecule has 1 aromatic rings. The zero-order valence-corrected chi connectivity index (χ0v) is 13.2. The molecular formula is C15H19BrN2O3. The summed E-state index contributed by atoms with van der Waals surface area (Å²) in [6.07, 6.45) is 3.01. The maximum Gasteiger partial charge on any atom is 0.252 e. The summed E-state index contributed by atoms with van der Waals surface area (Å²) in [6.45, 7) is -0.0939. The number of carbonyl (C=O) groups is 2. The van der Waals surface area contributed by atoms with Gasteiger partial charge in [-0.2, -0.15) is 0 Å². The Balaban J connectivity index is 1.81. The van der Waals surface area contributed by atoms with Gasteiger partial charge in [0.15, 0.2) is 0 Å². The molecule has 114 valence electrons. The van der Waals surface area contributed by atoms with Crippen LogP contribution in [0.5, 0.6) is 0 Å². The van der Waals surface area contributed by atoms with Crippen molar-refractivity contribution in [2.24, 2.45) is 0 Å². The molecule has 1 aromatic carbocycles. The number of aliphatic hydroxyl groups excluding tert-OH is 1. The van der Waals surface area contributed by atoms with Crippen LogP contribution in [0.4, 0.5) is 0 Å². The molecule has 0 unspecified atom stereocenters. The lowest BCUT2D eigenvalue weighted by Crippen LogP contribution is -2.48. The van der Waals surface area contributed by atoms with E-state index in [0.717, 1.165) is 19.3 Å². The molecule has 0 aliphatic heterocycles. The highest BCUT2D eigenvalue weighted by Crippen LogP contribution is 2.18. The molecule has 5 nitrogen and oxygen atoms in total. The number of benzene rings is 1. The van der Waals surface area contributed by atoms with Gasteiger partial charge in [0.2, 0.25) is 5.91 Å². The van der Waals surface area contributed by atoms with Crippen molar-refractivity contribution in [3.05, 3.63) is 34.3 Å². The van der Waals surface area contributed by atoms with Crippen LogP contribution in [-0.4, -0.2) is 35.6 Å². The van der Waals surface area contributed by atoms with Crippen LogP contribution in [0.3, 0.4) is 0 Å². The predicted octanol–water partition coefficient (Wildman–Crippen LogP) is 1.60. The zero-order valence-electron chi connectivity index (χ0n) is 11.6. The fraction of sp³-hybridized carbons (Fsp3) is 0.467. The molecular weight excluding hydrogens is 336 g/mol. The first-order valence-electron chi connectivity index (χ1n) is 7.08. The summed E-state index contributed by atoms with van der Waals surface area (Å²) < 4.78 is 0.686. The number of rotatable bonds is 4. The van der Waals surface area contributed by atoms with E-state index in [1.54, 1.807) is 18.2 Å². The highest BCUT2D eigenvalue weighted by atomic mass is 79.9. The second kappa shape index (κ2) is 7.56. The van der Waals surface area contributed by atoms with E-state index in [2.05, 4.69) is 26.6 Å². The summed E-state index contributed by atoms with van der Waals surface area (Å²) in [4.78, 5) is 23.8. The molecule has 0 radical (unpaired) electrons. The highest BCUT2D eigenvalue weighted by molar-refractivity contribution is 9.10. The summed E-state index contributed by atoms with van der Waals surface area (Å²) in [7, 11) is 0. The van der Waals surface area contributed by atoms with Crippen LogP contribution in [-0.2, 0) is 4.79 Å². The van der Waals surface area contributed by atoms with Gasteiger partial charge in [-0.05, 0) is 40.9 Å². The largest absolute Gasteiger partial charge is 0.391 e. The number of hydrogen-bond donors (Lipinski definition) is 3. The number of amides is 2. The SMILES string of the molecule is O=C(CNC(=O)c1ccccc1Br)N[C@@H]1CCCC[C@H]1O. The van der Waals surface area contributed by atoms with E-state index < -0.39 is 6.10 Å². The minimum atomic E-state index is -0.485. The van der Waals surface area contributed by atoms with E-state index in [1.165, 1.54) is 0 Å². The molecule has 0 aromatic heterocycles. The fourth-order valence-electron chi connectivity index (χ4n) is 2.44. The monoisotopic (exact) mass is 354 g/mol. The molecule has 1 aliphatic carbocycles. The Morgan fingerprint density at radius 2 is 1.95 bits per heavy atom. The summed E-state index contributed by atoms with van der Waals surface area (Å²) in [5.41, 5.74) is 0.489.